The molecule has 116 valence electrons. The van der Waals surface area contributed by atoms with Crippen molar-refractivity contribution in [2.75, 3.05) is 13.7 Å². The van der Waals surface area contributed by atoms with Crippen molar-refractivity contribution in [3.8, 4) is 0 Å². The summed E-state index contributed by atoms with van der Waals surface area (Å²) in [6, 6.07) is 10.1. The summed E-state index contributed by atoms with van der Waals surface area (Å²) >= 11 is 6.08. The first-order chi connectivity index (χ1) is 10.5. The number of carbonyl (C=O) groups is 1. The summed E-state index contributed by atoms with van der Waals surface area (Å²) in [5.41, 5.74) is 0.769. The van der Waals surface area contributed by atoms with E-state index >= 15 is 0 Å². The van der Waals surface area contributed by atoms with Crippen LogP contribution in [0.3, 0.4) is 0 Å². The molecule has 0 heterocycles. The SMILES string of the molecule is CO[C@@H](CNC(=O)c1ccc(F)c(F)c1)c1ccccc1Cl. The zero-order valence-corrected chi connectivity index (χ0v) is 12.5. The van der Waals surface area contributed by atoms with Gasteiger partial charge >= 0.3 is 0 Å². The van der Waals surface area contributed by atoms with Crippen LogP contribution in [0.2, 0.25) is 5.02 Å². The number of rotatable bonds is 5. The zero-order chi connectivity index (χ0) is 16.1. The van der Waals surface area contributed by atoms with E-state index in [1.165, 1.54) is 13.2 Å². The summed E-state index contributed by atoms with van der Waals surface area (Å²) in [6.45, 7) is 0.151. The van der Waals surface area contributed by atoms with Gasteiger partial charge in [0.05, 0.1) is 0 Å². The monoisotopic (exact) mass is 325 g/mol. The van der Waals surface area contributed by atoms with Gasteiger partial charge in [0, 0.05) is 29.8 Å². The summed E-state index contributed by atoms with van der Waals surface area (Å²) in [5, 5.41) is 3.14. The number of halogens is 3. The van der Waals surface area contributed by atoms with Crippen molar-refractivity contribution in [2.45, 2.75) is 6.10 Å². The van der Waals surface area contributed by atoms with Crippen molar-refractivity contribution < 1.29 is 18.3 Å². The third kappa shape index (κ3) is 3.81. The van der Waals surface area contributed by atoms with Crippen LogP contribution in [0.5, 0.6) is 0 Å². The average molecular weight is 326 g/mol. The molecule has 2 aromatic rings. The van der Waals surface area contributed by atoms with Gasteiger partial charge in [-0.25, -0.2) is 8.78 Å². The van der Waals surface area contributed by atoms with Crippen molar-refractivity contribution in [1.82, 2.24) is 5.32 Å². The van der Waals surface area contributed by atoms with E-state index in [0.29, 0.717) is 5.02 Å². The van der Waals surface area contributed by atoms with E-state index in [0.717, 1.165) is 17.7 Å². The Morgan fingerprint density at radius 3 is 2.59 bits per heavy atom. The third-order valence-corrected chi connectivity index (χ3v) is 3.51. The van der Waals surface area contributed by atoms with Crippen LogP contribution < -0.4 is 5.32 Å². The van der Waals surface area contributed by atoms with Gasteiger partial charge in [-0.2, -0.15) is 0 Å². The molecule has 1 amide bonds. The Balaban J connectivity index is 2.05. The maximum absolute atomic E-state index is 13.1. The van der Waals surface area contributed by atoms with Crippen molar-refractivity contribution >= 4 is 17.5 Å². The molecule has 0 radical (unpaired) electrons. The molecule has 0 fully saturated rings. The number of hydrogen-bond donors (Lipinski definition) is 1. The van der Waals surface area contributed by atoms with Crippen LogP contribution in [0, 0.1) is 11.6 Å². The highest BCUT2D eigenvalue weighted by Gasteiger charge is 2.16. The van der Waals surface area contributed by atoms with E-state index < -0.39 is 23.6 Å². The number of ether oxygens (including phenoxy) is 1. The van der Waals surface area contributed by atoms with Gasteiger partial charge in [-0.1, -0.05) is 29.8 Å². The fourth-order valence-electron chi connectivity index (χ4n) is 1.98. The molecule has 0 aliphatic heterocycles. The number of carbonyl (C=O) groups excluding carboxylic acids is 1. The number of nitrogens with one attached hydrogen (secondary N) is 1. The molecule has 2 aromatic carbocycles. The van der Waals surface area contributed by atoms with Gasteiger partial charge in [0.2, 0.25) is 0 Å². The maximum atomic E-state index is 13.1. The van der Waals surface area contributed by atoms with Gasteiger partial charge < -0.3 is 10.1 Å². The number of methoxy groups -OCH3 is 1. The molecule has 1 atom stereocenters. The average Bonchev–Trinajstić information content (AvgIpc) is 2.52. The van der Waals surface area contributed by atoms with Gasteiger partial charge in [-0.05, 0) is 24.3 Å². The van der Waals surface area contributed by atoms with Crippen LogP contribution in [-0.4, -0.2) is 19.6 Å². The lowest BCUT2D eigenvalue weighted by Crippen LogP contribution is -2.29. The second kappa shape index (κ2) is 7.33. The van der Waals surface area contributed by atoms with Crippen molar-refractivity contribution in [2.24, 2.45) is 0 Å². The molecule has 0 aromatic heterocycles. The van der Waals surface area contributed by atoms with Crippen LogP contribution in [0.4, 0.5) is 8.78 Å². The van der Waals surface area contributed by atoms with Crippen LogP contribution in [0.1, 0.15) is 22.0 Å². The summed E-state index contributed by atoms with van der Waals surface area (Å²) in [7, 11) is 1.50. The van der Waals surface area contributed by atoms with E-state index in [1.807, 2.05) is 6.07 Å². The molecule has 0 aliphatic rings. The van der Waals surface area contributed by atoms with Gasteiger partial charge in [0.15, 0.2) is 11.6 Å². The van der Waals surface area contributed by atoms with Crippen molar-refractivity contribution in [3.05, 3.63) is 70.2 Å². The topological polar surface area (TPSA) is 38.3 Å². The Labute approximate surface area is 131 Å². The minimum atomic E-state index is -1.07. The third-order valence-electron chi connectivity index (χ3n) is 3.17. The fourth-order valence-corrected chi connectivity index (χ4v) is 2.24. The molecule has 6 heteroatoms. The molecule has 0 unspecified atom stereocenters. The lowest BCUT2D eigenvalue weighted by Gasteiger charge is -2.17. The lowest BCUT2D eigenvalue weighted by molar-refractivity contribution is 0.0827. The predicted octanol–water partition coefficient (Wildman–Crippen LogP) is 3.74. The maximum Gasteiger partial charge on any atom is 0.251 e. The molecule has 22 heavy (non-hydrogen) atoms. The molecule has 0 bridgehead atoms. The molecule has 1 N–H and O–H groups in total. The van der Waals surface area contributed by atoms with Crippen molar-refractivity contribution in [3.63, 3.8) is 0 Å². The first-order valence-corrected chi connectivity index (χ1v) is 6.91. The Kier molecular flexibility index (Phi) is 5.46. The molecular weight excluding hydrogens is 312 g/mol. The summed E-state index contributed by atoms with van der Waals surface area (Å²) < 4.78 is 31.3. The summed E-state index contributed by atoms with van der Waals surface area (Å²) in [5.74, 6) is -2.59. The summed E-state index contributed by atoms with van der Waals surface area (Å²) in [4.78, 5) is 12.0. The molecule has 0 spiro atoms. The Bertz CT molecular complexity index is 679. The second-order valence-electron chi connectivity index (χ2n) is 4.58. The van der Waals surface area contributed by atoms with E-state index in [1.54, 1.807) is 18.2 Å². The van der Waals surface area contributed by atoms with Gasteiger partial charge in [-0.3, -0.25) is 4.79 Å². The Hall–Kier alpha value is -1.98. The molecule has 0 aliphatic carbocycles. The van der Waals surface area contributed by atoms with Crippen LogP contribution in [0.25, 0.3) is 0 Å². The summed E-state index contributed by atoms with van der Waals surface area (Å²) in [6.07, 6.45) is -0.442. The standard InChI is InChI=1S/C16H14ClF2NO2/c1-22-15(11-4-2-3-5-12(11)17)9-20-16(21)10-6-7-13(18)14(19)8-10/h2-8,15H,9H2,1H3,(H,20,21)/t15-/m0/s1. The van der Waals surface area contributed by atoms with Crippen LogP contribution in [-0.2, 0) is 4.74 Å². The number of benzene rings is 2. The highest BCUT2D eigenvalue weighted by atomic mass is 35.5. The minimum Gasteiger partial charge on any atom is -0.375 e. The minimum absolute atomic E-state index is 0.0351. The fraction of sp³-hybridized carbons (Fsp3) is 0.188. The van der Waals surface area contributed by atoms with E-state index in [9.17, 15) is 13.6 Å². The number of hydrogen-bond acceptors (Lipinski definition) is 2. The molecule has 2 rings (SSSR count). The highest BCUT2D eigenvalue weighted by Crippen LogP contribution is 2.24. The Morgan fingerprint density at radius 1 is 1.23 bits per heavy atom. The highest BCUT2D eigenvalue weighted by molar-refractivity contribution is 6.31. The van der Waals surface area contributed by atoms with E-state index in [-0.39, 0.29) is 12.1 Å². The predicted molar refractivity (Wildman–Crippen MR) is 79.9 cm³/mol. The lowest BCUT2D eigenvalue weighted by atomic mass is 10.1. The first kappa shape index (κ1) is 16.4. The second-order valence-corrected chi connectivity index (χ2v) is 4.99. The molecular formula is C16H14ClF2NO2. The largest absolute Gasteiger partial charge is 0.375 e. The van der Waals surface area contributed by atoms with Gasteiger partial charge in [0.25, 0.3) is 5.91 Å². The Morgan fingerprint density at radius 2 is 1.95 bits per heavy atom. The van der Waals surface area contributed by atoms with Crippen molar-refractivity contribution in [1.29, 1.82) is 0 Å². The molecule has 3 nitrogen and oxygen atoms in total. The first-order valence-electron chi connectivity index (χ1n) is 6.53. The molecule has 0 saturated carbocycles. The normalized spacial score (nSPS) is 12.0. The van der Waals surface area contributed by atoms with Crippen LogP contribution >= 0.6 is 11.6 Å². The van der Waals surface area contributed by atoms with Gasteiger partial charge in [-0.15, -0.1) is 0 Å². The molecule has 0 saturated heterocycles. The zero-order valence-electron chi connectivity index (χ0n) is 11.8. The number of amides is 1. The van der Waals surface area contributed by atoms with Crippen LogP contribution in [0.15, 0.2) is 42.5 Å². The smallest absolute Gasteiger partial charge is 0.251 e. The van der Waals surface area contributed by atoms with Gasteiger partial charge in [0.1, 0.15) is 6.10 Å². The quantitative estimate of drug-likeness (QED) is 0.909. The van der Waals surface area contributed by atoms with E-state index in [2.05, 4.69) is 5.32 Å². The van der Waals surface area contributed by atoms with E-state index in [4.69, 9.17) is 16.3 Å².